The van der Waals surface area contributed by atoms with E-state index in [2.05, 4.69) is 4.98 Å². The van der Waals surface area contributed by atoms with Crippen molar-refractivity contribution in [3.63, 3.8) is 0 Å². The second-order valence-electron chi connectivity index (χ2n) is 4.91. The first-order valence-electron chi connectivity index (χ1n) is 6.35. The van der Waals surface area contributed by atoms with E-state index >= 15 is 0 Å². The van der Waals surface area contributed by atoms with Crippen LogP contribution in [0.25, 0.3) is 10.2 Å². The second-order valence-corrected chi connectivity index (χ2v) is 6.44. The Kier molecular flexibility index (Phi) is 3.63. The van der Waals surface area contributed by atoms with E-state index in [1.165, 1.54) is 0 Å². The number of carboxylic acid groups (broad SMARTS) is 1. The van der Waals surface area contributed by atoms with Crippen molar-refractivity contribution >= 4 is 57.0 Å². The number of imide groups is 2. The van der Waals surface area contributed by atoms with Gasteiger partial charge in [-0.25, -0.2) is 19.9 Å². The highest BCUT2D eigenvalue weighted by Crippen LogP contribution is 2.30. The first-order valence-corrected chi connectivity index (χ1v) is 7.54. The summed E-state index contributed by atoms with van der Waals surface area (Å²) in [6.45, 7) is -1.31. The van der Waals surface area contributed by atoms with Gasteiger partial charge in [0.1, 0.15) is 23.6 Å². The van der Waals surface area contributed by atoms with Gasteiger partial charge in [-0.3, -0.25) is 4.79 Å². The molecule has 8 nitrogen and oxygen atoms in total. The molecule has 1 aromatic carbocycles. The zero-order valence-electron chi connectivity index (χ0n) is 11.4. The van der Waals surface area contributed by atoms with Crippen molar-refractivity contribution in [3.8, 4) is 0 Å². The Morgan fingerprint density at radius 3 is 2.65 bits per heavy atom. The lowest BCUT2D eigenvalue weighted by Gasteiger charge is -2.25. The second kappa shape index (κ2) is 5.37. The lowest BCUT2D eigenvalue weighted by Crippen LogP contribution is -2.57. The van der Waals surface area contributed by atoms with Crippen LogP contribution in [0.1, 0.15) is 5.01 Å². The number of fused-ring (bicyclic) bond motifs is 1. The van der Waals surface area contributed by atoms with Gasteiger partial charge in [0.15, 0.2) is 0 Å². The fraction of sp³-hybridized carbons (Fsp3) is 0.154. The van der Waals surface area contributed by atoms with Gasteiger partial charge < -0.3 is 9.90 Å². The summed E-state index contributed by atoms with van der Waals surface area (Å²) in [5, 5.41) is 13.5. The summed E-state index contributed by atoms with van der Waals surface area (Å²) in [4.78, 5) is 50.7. The molecule has 2 aromatic rings. The summed E-state index contributed by atoms with van der Waals surface area (Å²) in [5.74, 6) is -3.91. The van der Waals surface area contributed by atoms with Gasteiger partial charge in [0.2, 0.25) is 0 Å². The lowest BCUT2D eigenvalue weighted by molar-refractivity contribution is -0.775. The number of hydrogen-bond donors (Lipinski definition) is 1. The maximum Gasteiger partial charge on any atom is 0.432 e. The molecule has 0 bridgehead atoms. The number of aliphatic carboxylic acids is 1. The number of halogens is 1. The highest BCUT2D eigenvalue weighted by Gasteiger charge is 2.56. The number of quaternary nitrogens is 1. The number of para-hydroxylation sites is 1. The molecule has 2 heterocycles. The fourth-order valence-electron chi connectivity index (χ4n) is 2.37. The number of rotatable bonds is 4. The minimum atomic E-state index is -1.62. The maximum atomic E-state index is 12.1. The van der Waals surface area contributed by atoms with Crippen LogP contribution >= 0.6 is 22.9 Å². The van der Waals surface area contributed by atoms with Crippen molar-refractivity contribution in [2.45, 2.75) is 6.54 Å². The van der Waals surface area contributed by atoms with Gasteiger partial charge in [0.25, 0.3) is 0 Å². The molecule has 10 heteroatoms. The number of carbonyl (C=O) groups is 4. The molecule has 118 valence electrons. The van der Waals surface area contributed by atoms with Crippen LogP contribution in [0.3, 0.4) is 0 Å². The summed E-state index contributed by atoms with van der Waals surface area (Å²) < 4.78 is -0.504. The van der Waals surface area contributed by atoms with E-state index in [0.717, 1.165) is 16.0 Å². The van der Waals surface area contributed by atoms with E-state index < -0.39 is 34.8 Å². The quantitative estimate of drug-likeness (QED) is 0.462. The molecule has 1 atom stereocenters. The summed E-state index contributed by atoms with van der Waals surface area (Å²) in [6.07, 6.45) is 0. The minimum absolute atomic E-state index is 0.313. The first kappa shape index (κ1) is 15.5. The van der Waals surface area contributed by atoms with Gasteiger partial charge in [0, 0.05) is 0 Å². The van der Waals surface area contributed by atoms with Crippen molar-refractivity contribution < 1.29 is 28.8 Å². The number of benzene rings is 1. The Hall–Kier alpha value is -2.36. The average Bonchev–Trinajstić information content (AvgIpc) is 2.96. The number of urea groups is 1. The van der Waals surface area contributed by atoms with E-state index in [0.29, 0.717) is 15.5 Å². The van der Waals surface area contributed by atoms with Gasteiger partial charge in [-0.1, -0.05) is 17.7 Å². The van der Waals surface area contributed by atoms with Crippen LogP contribution in [-0.2, 0) is 20.9 Å². The number of amides is 4. The molecule has 3 rings (SSSR count). The van der Waals surface area contributed by atoms with Crippen LogP contribution in [0.5, 0.6) is 0 Å². The molecule has 1 N–H and O–H groups in total. The van der Waals surface area contributed by atoms with E-state index in [-0.39, 0.29) is 6.54 Å². The first-order chi connectivity index (χ1) is 10.8. The molecule has 1 aliphatic rings. The summed E-state index contributed by atoms with van der Waals surface area (Å²) in [7, 11) is 0. The van der Waals surface area contributed by atoms with Crippen LogP contribution in [0.4, 0.5) is 4.79 Å². The Bertz CT molecular complexity index is 880. The summed E-state index contributed by atoms with van der Waals surface area (Å²) in [6, 6.07) is 4.10. The summed E-state index contributed by atoms with van der Waals surface area (Å²) >= 11 is 7.18. The van der Waals surface area contributed by atoms with Crippen molar-refractivity contribution in [1.82, 2.24) is 10.3 Å². The molecule has 23 heavy (non-hydrogen) atoms. The molecule has 1 fully saturated rings. The predicted octanol–water partition coefficient (Wildman–Crippen LogP) is -0.207. The zero-order valence-corrected chi connectivity index (χ0v) is 12.9. The van der Waals surface area contributed by atoms with Crippen LogP contribution in [0, 0.1) is 0 Å². The lowest BCUT2D eigenvalue weighted by atomic mass is 10.3. The average molecular weight is 354 g/mol. The van der Waals surface area contributed by atoms with E-state index in [1.54, 1.807) is 18.2 Å². The minimum Gasteiger partial charge on any atom is -0.544 e. The largest absolute Gasteiger partial charge is 0.544 e. The number of carboxylic acids is 1. The molecule has 1 aliphatic heterocycles. The van der Waals surface area contributed by atoms with Crippen molar-refractivity contribution in [1.29, 1.82) is 0 Å². The van der Waals surface area contributed by atoms with Crippen molar-refractivity contribution in [2.24, 2.45) is 0 Å². The fourth-order valence-corrected chi connectivity index (χ4v) is 3.71. The normalized spacial score (nSPS) is 21.0. The van der Waals surface area contributed by atoms with Gasteiger partial charge in [0.05, 0.1) is 15.7 Å². The highest BCUT2D eigenvalue weighted by molar-refractivity contribution is 7.18. The van der Waals surface area contributed by atoms with E-state index in [1.807, 2.05) is 5.32 Å². The highest BCUT2D eigenvalue weighted by atomic mass is 35.5. The van der Waals surface area contributed by atoms with Crippen LogP contribution in [0.2, 0.25) is 5.02 Å². The van der Waals surface area contributed by atoms with Gasteiger partial charge in [-0.2, -0.15) is 4.48 Å². The van der Waals surface area contributed by atoms with Gasteiger partial charge >= 0.3 is 17.8 Å². The third-order valence-electron chi connectivity index (χ3n) is 3.41. The molecule has 0 spiro atoms. The molecular weight excluding hydrogens is 346 g/mol. The number of nitrogens with one attached hydrogen (secondary N) is 1. The van der Waals surface area contributed by atoms with E-state index in [9.17, 15) is 24.3 Å². The Labute approximate surface area is 137 Å². The van der Waals surface area contributed by atoms with Crippen molar-refractivity contribution in [2.75, 3.05) is 6.54 Å². The third-order valence-corrected chi connectivity index (χ3v) is 4.72. The Balaban J connectivity index is 2.06. The molecule has 1 saturated heterocycles. The molecule has 1 unspecified atom stereocenters. The van der Waals surface area contributed by atoms with Gasteiger partial charge in [-0.15, -0.1) is 11.3 Å². The molecular formula is C13H8ClN3O5S. The number of thiazole rings is 1. The number of carbonyl (C=O) groups excluding carboxylic acids is 4. The molecule has 0 radical (unpaired) electrons. The van der Waals surface area contributed by atoms with Crippen LogP contribution in [0.15, 0.2) is 18.2 Å². The van der Waals surface area contributed by atoms with Crippen LogP contribution < -0.4 is 10.4 Å². The van der Waals surface area contributed by atoms with Gasteiger partial charge in [-0.05, 0) is 12.1 Å². The van der Waals surface area contributed by atoms with E-state index in [4.69, 9.17) is 11.6 Å². The monoisotopic (exact) mass is 353 g/mol. The number of aromatic nitrogens is 1. The summed E-state index contributed by atoms with van der Waals surface area (Å²) in [5.41, 5.74) is 0.485. The Morgan fingerprint density at radius 1 is 1.35 bits per heavy atom. The maximum absolute atomic E-state index is 12.1. The molecule has 4 amide bonds. The Morgan fingerprint density at radius 2 is 2.09 bits per heavy atom. The third kappa shape index (κ3) is 2.48. The molecule has 1 aromatic heterocycles. The molecule has 0 saturated carbocycles. The number of nitrogens with zero attached hydrogens (tertiary/aromatic N) is 2. The SMILES string of the molecule is O=C([O-])C[N+]1(Cc2nc3c(Cl)cccc3s2)C(=O)NC(=O)C1=O. The molecule has 0 aliphatic carbocycles. The predicted molar refractivity (Wildman–Crippen MR) is 77.0 cm³/mol. The van der Waals surface area contributed by atoms with Crippen LogP contribution in [-0.4, -0.2) is 39.8 Å². The smallest absolute Gasteiger partial charge is 0.432 e. The van der Waals surface area contributed by atoms with Crippen molar-refractivity contribution in [3.05, 3.63) is 28.2 Å². The standard InChI is InChI=1S/C13H8ClN3O5S/c14-6-2-1-3-7-10(6)15-8(23-7)4-17(5-9(18)19)12(21)11(20)16-13(17)22/h1-3H,4-5H2,(H-,16,18,19,20,22). The number of hydrogen-bond acceptors (Lipinski definition) is 7. The topological polar surface area (TPSA) is 116 Å². The zero-order chi connectivity index (χ0) is 16.8.